The quantitative estimate of drug-likeness (QED) is 0.240. The highest BCUT2D eigenvalue weighted by atomic mass is 14.9. The normalized spacial score (nSPS) is 13.0. The lowest BCUT2D eigenvalue weighted by atomic mass is 9.68. The first-order chi connectivity index (χ1) is 16.7. The molecule has 35 heavy (non-hydrogen) atoms. The maximum Gasteiger partial charge on any atom is 0.195 e. The molecule has 0 saturated carbocycles. The van der Waals surface area contributed by atoms with Crippen molar-refractivity contribution in [2.24, 2.45) is 0 Å². The zero-order valence-corrected chi connectivity index (χ0v) is 20.1. The molecule has 0 radical (unpaired) electrons. The van der Waals surface area contributed by atoms with Gasteiger partial charge < -0.3 is 11.5 Å². The monoisotopic (exact) mass is 456 g/mol. The summed E-state index contributed by atoms with van der Waals surface area (Å²) in [6.07, 6.45) is 3.36. The first-order valence-corrected chi connectivity index (χ1v) is 11.2. The van der Waals surface area contributed by atoms with E-state index in [0.29, 0.717) is 17.1 Å². The van der Waals surface area contributed by atoms with Gasteiger partial charge in [0.1, 0.15) is 0 Å². The lowest BCUT2D eigenvalue weighted by molar-refractivity contribution is 0.732. The summed E-state index contributed by atoms with van der Waals surface area (Å²) in [5.74, 6) is 0. The zero-order valence-electron chi connectivity index (χ0n) is 20.1. The fourth-order valence-electron chi connectivity index (χ4n) is 5.33. The summed E-state index contributed by atoms with van der Waals surface area (Å²) >= 11 is 0. The SMILES string of the molecule is [C-]#[N+]c1cc2c(cc1[N+]#[C-])C(c1cc(C)c(N)c(C)c1)(c1cc(C)c(N)c(C)c1)c1nccnc1-2. The highest BCUT2D eigenvalue weighted by Crippen LogP contribution is 2.57. The van der Waals surface area contributed by atoms with Crippen LogP contribution in [-0.4, -0.2) is 9.97 Å². The predicted molar refractivity (Wildman–Crippen MR) is 140 cm³/mol. The highest BCUT2D eigenvalue weighted by molar-refractivity contribution is 5.89. The number of hydrogen-bond donors (Lipinski definition) is 2. The third kappa shape index (κ3) is 2.94. The molecule has 4 N–H and O–H groups in total. The summed E-state index contributed by atoms with van der Waals surface area (Å²) in [6, 6.07) is 12.0. The van der Waals surface area contributed by atoms with Crippen LogP contribution in [0.25, 0.3) is 20.9 Å². The van der Waals surface area contributed by atoms with Gasteiger partial charge in [0.05, 0.1) is 29.9 Å². The van der Waals surface area contributed by atoms with Crippen LogP contribution < -0.4 is 11.5 Å². The molecule has 4 aromatic rings. The van der Waals surface area contributed by atoms with Crippen molar-refractivity contribution in [2.75, 3.05) is 11.5 Å². The van der Waals surface area contributed by atoms with Crippen LogP contribution in [0.1, 0.15) is 44.6 Å². The van der Waals surface area contributed by atoms with Crippen molar-refractivity contribution in [2.45, 2.75) is 33.1 Å². The second kappa shape index (κ2) is 7.68. The number of nitrogens with zero attached hydrogens (tertiary/aromatic N) is 4. The number of fused-ring (bicyclic) bond motifs is 3. The van der Waals surface area contributed by atoms with E-state index in [-0.39, 0.29) is 0 Å². The molecule has 0 saturated heterocycles. The molecule has 0 unspecified atom stereocenters. The lowest BCUT2D eigenvalue weighted by Gasteiger charge is -2.34. The van der Waals surface area contributed by atoms with E-state index in [4.69, 9.17) is 34.6 Å². The van der Waals surface area contributed by atoms with Crippen LogP contribution in [-0.2, 0) is 5.41 Å². The van der Waals surface area contributed by atoms with Gasteiger partial charge in [-0.1, -0.05) is 36.4 Å². The Labute approximate surface area is 204 Å². The molecule has 5 rings (SSSR count). The van der Waals surface area contributed by atoms with Crippen molar-refractivity contribution < 1.29 is 0 Å². The summed E-state index contributed by atoms with van der Waals surface area (Å²) in [4.78, 5) is 16.9. The minimum Gasteiger partial charge on any atom is -0.398 e. The number of rotatable bonds is 2. The van der Waals surface area contributed by atoms with E-state index in [9.17, 15) is 0 Å². The van der Waals surface area contributed by atoms with Crippen molar-refractivity contribution >= 4 is 22.7 Å². The Bertz CT molecular complexity index is 1530. The first kappa shape index (κ1) is 22.1. The minimum atomic E-state index is -0.856. The number of nitrogen functional groups attached to an aromatic ring is 2. The molecule has 3 aromatic carbocycles. The van der Waals surface area contributed by atoms with Crippen LogP contribution in [0.5, 0.6) is 0 Å². The molecule has 170 valence electrons. The number of anilines is 2. The van der Waals surface area contributed by atoms with Crippen LogP contribution in [0, 0.1) is 40.8 Å². The van der Waals surface area contributed by atoms with Gasteiger partial charge in [-0.3, -0.25) is 19.7 Å². The number of benzene rings is 3. The molecule has 6 nitrogen and oxygen atoms in total. The third-order valence-electron chi connectivity index (χ3n) is 7.12. The van der Waals surface area contributed by atoms with Crippen molar-refractivity contribution in [1.29, 1.82) is 0 Å². The van der Waals surface area contributed by atoms with Crippen LogP contribution in [0.3, 0.4) is 0 Å². The fraction of sp³-hybridized carbons (Fsp3) is 0.172. The van der Waals surface area contributed by atoms with Gasteiger partial charge in [-0.15, -0.1) is 0 Å². The highest BCUT2D eigenvalue weighted by Gasteiger charge is 2.49. The Morgan fingerprint density at radius 2 is 1.14 bits per heavy atom. The predicted octanol–water partition coefficient (Wildman–Crippen LogP) is 6.34. The van der Waals surface area contributed by atoms with Crippen LogP contribution in [0.15, 0.2) is 48.8 Å². The molecule has 0 amide bonds. The van der Waals surface area contributed by atoms with Crippen LogP contribution in [0.4, 0.5) is 22.7 Å². The summed E-state index contributed by atoms with van der Waals surface area (Å²) in [5, 5.41) is 0. The number of hydrogen-bond acceptors (Lipinski definition) is 4. The van der Waals surface area contributed by atoms with Crippen molar-refractivity contribution in [3.05, 3.63) is 116 Å². The van der Waals surface area contributed by atoms with Gasteiger partial charge in [0.25, 0.3) is 0 Å². The van der Waals surface area contributed by atoms with Crippen molar-refractivity contribution in [3.8, 4) is 11.3 Å². The molecule has 1 aliphatic rings. The van der Waals surface area contributed by atoms with E-state index in [1.807, 2.05) is 33.8 Å². The minimum absolute atomic E-state index is 0.306. The maximum atomic E-state index is 7.76. The van der Waals surface area contributed by atoms with Gasteiger partial charge in [0.2, 0.25) is 0 Å². The second-order valence-corrected chi connectivity index (χ2v) is 9.16. The number of nitrogens with two attached hydrogens (primary N) is 2. The number of aromatic nitrogens is 2. The smallest absolute Gasteiger partial charge is 0.195 e. The van der Waals surface area contributed by atoms with Gasteiger partial charge in [-0.05, 0) is 72.2 Å². The van der Waals surface area contributed by atoms with E-state index in [0.717, 1.165) is 61.6 Å². The number of aryl methyl sites for hydroxylation is 4. The Balaban J connectivity index is 2.05. The van der Waals surface area contributed by atoms with Gasteiger partial charge in [0.15, 0.2) is 11.4 Å². The molecular weight excluding hydrogens is 432 g/mol. The Kier molecular flexibility index (Phi) is 4.86. The van der Waals surface area contributed by atoms with Crippen molar-refractivity contribution in [3.63, 3.8) is 0 Å². The van der Waals surface area contributed by atoms with E-state index in [1.165, 1.54) is 0 Å². The Hall–Kier alpha value is -4.68. The fourth-order valence-corrected chi connectivity index (χ4v) is 5.33. The molecule has 1 aliphatic carbocycles. The third-order valence-corrected chi connectivity index (χ3v) is 7.12. The van der Waals surface area contributed by atoms with E-state index >= 15 is 0 Å². The Morgan fingerprint density at radius 1 is 0.686 bits per heavy atom. The largest absolute Gasteiger partial charge is 0.398 e. The van der Waals surface area contributed by atoms with Gasteiger partial charge >= 0.3 is 0 Å². The van der Waals surface area contributed by atoms with Crippen molar-refractivity contribution in [1.82, 2.24) is 9.97 Å². The lowest BCUT2D eigenvalue weighted by Crippen LogP contribution is -2.30. The molecule has 0 aliphatic heterocycles. The van der Waals surface area contributed by atoms with Gasteiger partial charge in [-0.2, -0.15) is 0 Å². The summed E-state index contributed by atoms with van der Waals surface area (Å²) in [7, 11) is 0. The average molecular weight is 457 g/mol. The molecule has 6 heteroatoms. The van der Waals surface area contributed by atoms with Gasteiger partial charge in [0, 0.05) is 23.8 Å². The molecule has 0 spiro atoms. The van der Waals surface area contributed by atoms with Gasteiger partial charge in [-0.25, -0.2) is 0 Å². The summed E-state index contributed by atoms with van der Waals surface area (Å²) < 4.78 is 0. The molecule has 0 atom stereocenters. The second-order valence-electron chi connectivity index (χ2n) is 9.16. The Morgan fingerprint density at radius 3 is 1.63 bits per heavy atom. The van der Waals surface area contributed by atoms with Crippen LogP contribution in [0.2, 0.25) is 0 Å². The topological polar surface area (TPSA) is 86.5 Å². The summed E-state index contributed by atoms with van der Waals surface area (Å²) in [5.41, 5.74) is 22.9. The molecular formula is C29H24N6. The molecule has 1 aromatic heterocycles. The zero-order chi connectivity index (χ0) is 25.1. The average Bonchev–Trinajstić information content (AvgIpc) is 3.14. The standard InChI is InChI=1S/C29H24N6/c1-15-9-19(10-16(2)25(15)30)29(20-11-17(3)26(31)18(4)12-20)22-14-24(33-6)23(32-5)13-21(22)27-28(29)35-8-7-34-27/h7-14H,30-31H2,1-4H3. The van der Waals surface area contributed by atoms with E-state index < -0.39 is 5.41 Å². The van der Waals surface area contributed by atoms with E-state index in [1.54, 1.807) is 18.5 Å². The maximum absolute atomic E-state index is 7.76. The first-order valence-electron chi connectivity index (χ1n) is 11.2. The molecule has 0 fully saturated rings. The summed E-state index contributed by atoms with van der Waals surface area (Å²) in [6.45, 7) is 23.4. The van der Waals surface area contributed by atoms with E-state index in [2.05, 4.69) is 34.0 Å². The molecule has 1 heterocycles. The van der Waals surface area contributed by atoms with Crippen LogP contribution >= 0.6 is 0 Å². The molecule has 0 bridgehead atoms.